The Bertz CT molecular complexity index is 726. The zero-order valence-electron chi connectivity index (χ0n) is 10.8. The Kier molecular flexibility index (Phi) is 3.16. The fraction of sp³-hybridized carbons (Fsp3) is 0.0667. The van der Waals surface area contributed by atoms with E-state index in [1.807, 2.05) is 24.3 Å². The van der Waals surface area contributed by atoms with Crippen LogP contribution in [-0.2, 0) is 0 Å². The number of rotatable bonds is 3. The molecule has 0 saturated carbocycles. The van der Waals surface area contributed by atoms with Crippen molar-refractivity contribution in [2.45, 2.75) is 0 Å². The molecule has 5 heteroatoms. The lowest BCUT2D eigenvalue weighted by Crippen LogP contribution is -1.94. The molecule has 2 aromatic carbocycles. The van der Waals surface area contributed by atoms with Crippen LogP contribution in [0.4, 0.5) is 4.39 Å². The maximum Gasteiger partial charge on any atom is 0.134 e. The van der Waals surface area contributed by atoms with Crippen LogP contribution in [0.1, 0.15) is 0 Å². The van der Waals surface area contributed by atoms with E-state index in [-0.39, 0.29) is 5.82 Å². The summed E-state index contributed by atoms with van der Waals surface area (Å²) < 4.78 is 21.1. The molecule has 1 aromatic heterocycles. The number of hydrogen-bond donors (Lipinski definition) is 0. The Morgan fingerprint density at radius 3 is 2.55 bits per heavy atom. The molecule has 0 radical (unpaired) electrons. The molecule has 0 aliphatic carbocycles. The van der Waals surface area contributed by atoms with E-state index in [9.17, 15) is 4.39 Å². The van der Waals surface area contributed by atoms with E-state index in [1.54, 1.807) is 29.4 Å². The summed E-state index contributed by atoms with van der Waals surface area (Å²) in [4.78, 5) is 0. The summed E-state index contributed by atoms with van der Waals surface area (Å²) in [6, 6.07) is 12.3. The maximum atomic E-state index is 14.1. The number of halogens is 1. The maximum absolute atomic E-state index is 14.1. The number of ether oxygens (including phenoxy) is 1. The van der Waals surface area contributed by atoms with E-state index in [2.05, 4.69) is 10.2 Å². The van der Waals surface area contributed by atoms with Gasteiger partial charge in [-0.15, -0.1) is 10.2 Å². The highest BCUT2D eigenvalue weighted by atomic mass is 19.1. The normalized spacial score (nSPS) is 10.5. The van der Waals surface area contributed by atoms with Gasteiger partial charge >= 0.3 is 0 Å². The van der Waals surface area contributed by atoms with Gasteiger partial charge in [-0.1, -0.05) is 18.2 Å². The van der Waals surface area contributed by atoms with Gasteiger partial charge in [-0.25, -0.2) is 4.39 Å². The minimum absolute atomic E-state index is 0.315. The van der Waals surface area contributed by atoms with E-state index in [4.69, 9.17) is 4.74 Å². The first kappa shape index (κ1) is 12.3. The minimum Gasteiger partial charge on any atom is -0.496 e. The van der Waals surface area contributed by atoms with Crippen molar-refractivity contribution in [3.63, 3.8) is 0 Å². The molecule has 0 aliphatic heterocycles. The van der Waals surface area contributed by atoms with Gasteiger partial charge < -0.3 is 4.74 Å². The van der Waals surface area contributed by atoms with Gasteiger partial charge in [-0.3, -0.25) is 4.57 Å². The van der Waals surface area contributed by atoms with Gasteiger partial charge in [0.05, 0.1) is 12.7 Å². The smallest absolute Gasteiger partial charge is 0.134 e. The monoisotopic (exact) mass is 269 g/mol. The first-order chi connectivity index (χ1) is 9.79. The van der Waals surface area contributed by atoms with Gasteiger partial charge in [0, 0.05) is 5.69 Å². The Morgan fingerprint density at radius 1 is 1.05 bits per heavy atom. The number of benzene rings is 2. The van der Waals surface area contributed by atoms with Gasteiger partial charge in [-0.2, -0.15) is 0 Å². The van der Waals surface area contributed by atoms with Crippen molar-refractivity contribution < 1.29 is 9.13 Å². The van der Waals surface area contributed by atoms with Crippen LogP contribution >= 0.6 is 0 Å². The van der Waals surface area contributed by atoms with Crippen LogP contribution in [0.25, 0.3) is 16.8 Å². The van der Waals surface area contributed by atoms with Crippen molar-refractivity contribution in [1.82, 2.24) is 14.8 Å². The second-order valence-corrected chi connectivity index (χ2v) is 4.24. The van der Waals surface area contributed by atoms with Crippen LogP contribution < -0.4 is 4.74 Å². The standard InChI is InChI=1S/C15H12FN3O/c1-20-14-7-3-6-13(16)15(14)11-4-2-5-12(8-11)19-9-17-18-10-19/h2-10H,1H3. The van der Waals surface area contributed by atoms with Crippen LogP contribution in [0, 0.1) is 5.82 Å². The summed E-state index contributed by atoms with van der Waals surface area (Å²) in [5, 5.41) is 7.53. The van der Waals surface area contributed by atoms with Crippen LogP contribution in [0.2, 0.25) is 0 Å². The van der Waals surface area contributed by atoms with Crippen molar-refractivity contribution >= 4 is 0 Å². The second kappa shape index (κ2) is 5.13. The van der Waals surface area contributed by atoms with Crippen LogP contribution in [0.5, 0.6) is 5.75 Å². The molecule has 0 N–H and O–H groups in total. The summed E-state index contributed by atoms with van der Waals surface area (Å²) >= 11 is 0. The van der Waals surface area contributed by atoms with Crippen molar-refractivity contribution in [2.24, 2.45) is 0 Å². The molecule has 0 unspecified atom stereocenters. The molecule has 100 valence electrons. The highest BCUT2D eigenvalue weighted by molar-refractivity contribution is 5.72. The lowest BCUT2D eigenvalue weighted by atomic mass is 10.0. The molecule has 0 fully saturated rings. The Balaban J connectivity index is 2.14. The Morgan fingerprint density at radius 2 is 1.80 bits per heavy atom. The predicted molar refractivity (Wildman–Crippen MR) is 73.3 cm³/mol. The zero-order valence-corrected chi connectivity index (χ0v) is 10.8. The Labute approximate surface area is 115 Å². The Hall–Kier alpha value is -2.69. The van der Waals surface area contributed by atoms with E-state index in [0.29, 0.717) is 11.3 Å². The second-order valence-electron chi connectivity index (χ2n) is 4.24. The summed E-state index contributed by atoms with van der Waals surface area (Å²) in [5.74, 6) is 0.191. The topological polar surface area (TPSA) is 39.9 Å². The van der Waals surface area contributed by atoms with E-state index < -0.39 is 0 Å². The number of hydrogen-bond acceptors (Lipinski definition) is 3. The largest absolute Gasteiger partial charge is 0.496 e. The molecule has 0 bridgehead atoms. The average Bonchev–Trinajstić information content (AvgIpc) is 3.01. The molecule has 20 heavy (non-hydrogen) atoms. The molecule has 0 atom stereocenters. The first-order valence-corrected chi connectivity index (χ1v) is 6.07. The van der Waals surface area contributed by atoms with Crippen LogP contribution in [0.3, 0.4) is 0 Å². The molecule has 0 amide bonds. The number of methoxy groups -OCH3 is 1. The van der Waals surface area contributed by atoms with Gasteiger partial charge in [0.15, 0.2) is 0 Å². The summed E-state index contributed by atoms with van der Waals surface area (Å²) in [6.07, 6.45) is 3.19. The van der Waals surface area contributed by atoms with E-state index in [1.165, 1.54) is 13.2 Å². The lowest BCUT2D eigenvalue weighted by Gasteiger charge is -2.11. The number of aromatic nitrogens is 3. The summed E-state index contributed by atoms with van der Waals surface area (Å²) in [6.45, 7) is 0. The first-order valence-electron chi connectivity index (χ1n) is 6.07. The van der Waals surface area contributed by atoms with Crippen LogP contribution in [0.15, 0.2) is 55.1 Å². The van der Waals surface area contributed by atoms with Gasteiger partial charge in [-0.05, 0) is 29.8 Å². The quantitative estimate of drug-likeness (QED) is 0.733. The van der Waals surface area contributed by atoms with Crippen LogP contribution in [-0.4, -0.2) is 21.9 Å². The summed E-state index contributed by atoms with van der Waals surface area (Å²) in [7, 11) is 1.53. The van der Waals surface area contributed by atoms with Gasteiger partial charge in [0.25, 0.3) is 0 Å². The molecule has 0 spiro atoms. The van der Waals surface area contributed by atoms with Crippen molar-refractivity contribution in [1.29, 1.82) is 0 Å². The lowest BCUT2D eigenvalue weighted by molar-refractivity contribution is 0.413. The SMILES string of the molecule is COc1cccc(F)c1-c1cccc(-n2cnnc2)c1. The van der Waals surface area contributed by atoms with E-state index >= 15 is 0 Å². The molecule has 0 aliphatic rings. The molecule has 3 aromatic rings. The number of nitrogens with zero attached hydrogens (tertiary/aromatic N) is 3. The fourth-order valence-corrected chi connectivity index (χ4v) is 2.11. The highest BCUT2D eigenvalue weighted by Crippen LogP contribution is 2.33. The van der Waals surface area contributed by atoms with Crippen molar-refractivity contribution in [2.75, 3.05) is 7.11 Å². The molecule has 0 saturated heterocycles. The van der Waals surface area contributed by atoms with Gasteiger partial charge in [0.1, 0.15) is 24.2 Å². The highest BCUT2D eigenvalue weighted by Gasteiger charge is 2.12. The van der Waals surface area contributed by atoms with Crippen molar-refractivity contribution in [3.8, 4) is 22.6 Å². The molecule has 4 nitrogen and oxygen atoms in total. The fourth-order valence-electron chi connectivity index (χ4n) is 2.11. The van der Waals surface area contributed by atoms with E-state index in [0.717, 1.165) is 11.3 Å². The zero-order chi connectivity index (χ0) is 13.9. The average molecular weight is 269 g/mol. The predicted octanol–water partition coefficient (Wildman–Crippen LogP) is 3.08. The van der Waals surface area contributed by atoms with Gasteiger partial charge in [0.2, 0.25) is 0 Å². The van der Waals surface area contributed by atoms with Crippen molar-refractivity contribution in [3.05, 3.63) is 60.9 Å². The summed E-state index contributed by atoms with van der Waals surface area (Å²) in [5.41, 5.74) is 2.05. The minimum atomic E-state index is -0.315. The third-order valence-electron chi connectivity index (χ3n) is 3.05. The third kappa shape index (κ3) is 2.14. The third-order valence-corrected chi connectivity index (χ3v) is 3.05. The molecule has 3 rings (SSSR count). The molecular weight excluding hydrogens is 257 g/mol. The molecular formula is C15H12FN3O. The molecule has 1 heterocycles.